The summed E-state index contributed by atoms with van der Waals surface area (Å²) in [5.74, 6) is -0.516. The van der Waals surface area contributed by atoms with Crippen molar-refractivity contribution in [2.75, 3.05) is 40.9 Å². The quantitative estimate of drug-likeness (QED) is 0.0212. The van der Waals surface area contributed by atoms with Crippen LogP contribution in [0.15, 0.2) is 36.5 Å². The molecule has 0 aromatic rings. The highest BCUT2D eigenvalue weighted by atomic mass is 31.2. The molecule has 3 atom stereocenters. The van der Waals surface area contributed by atoms with Crippen LogP contribution in [0.4, 0.5) is 0 Å². The molecule has 0 saturated carbocycles. The molecule has 0 aromatic carbocycles. The average molecular weight is 1300 g/mol. The van der Waals surface area contributed by atoms with Crippen molar-refractivity contribution >= 4 is 19.7 Å². The topological polar surface area (TPSA) is 114 Å². The second kappa shape index (κ2) is 71.0. The van der Waals surface area contributed by atoms with Gasteiger partial charge in [-0.1, -0.05) is 359 Å². The number of phosphoric acid groups is 1. The summed E-state index contributed by atoms with van der Waals surface area (Å²) in [5, 5.41) is 3.06. The Hall–Kier alpha value is -1.77. The highest BCUT2D eigenvalue weighted by molar-refractivity contribution is 7.45. The van der Waals surface area contributed by atoms with E-state index in [9.17, 15) is 19.0 Å². The molecule has 0 heterocycles. The van der Waals surface area contributed by atoms with Crippen LogP contribution in [0.3, 0.4) is 0 Å². The van der Waals surface area contributed by atoms with Gasteiger partial charge in [0, 0.05) is 12.8 Å². The zero-order chi connectivity index (χ0) is 66.3. The van der Waals surface area contributed by atoms with Crippen LogP contribution in [0.25, 0.3) is 0 Å². The van der Waals surface area contributed by atoms with Crippen LogP contribution in [0.5, 0.6) is 0 Å². The van der Waals surface area contributed by atoms with Gasteiger partial charge < -0.3 is 28.5 Å². The number of hydrogen-bond donors (Lipinski definition) is 1. The lowest BCUT2D eigenvalue weighted by molar-refractivity contribution is -0.870. The van der Waals surface area contributed by atoms with Crippen molar-refractivity contribution in [1.82, 2.24) is 5.32 Å². The first-order chi connectivity index (χ1) is 44.4. The molecule has 9 nitrogen and oxygen atoms in total. The number of nitrogens with zero attached hydrogens (tertiary/aromatic N) is 1. The van der Waals surface area contributed by atoms with E-state index in [0.29, 0.717) is 17.4 Å². The van der Waals surface area contributed by atoms with Crippen LogP contribution < -0.4 is 10.2 Å². The molecular formula is C81H157N2O7P. The largest absolute Gasteiger partial charge is 0.756 e. The van der Waals surface area contributed by atoms with Crippen LogP contribution in [-0.4, -0.2) is 69.4 Å². The Labute approximate surface area is 567 Å². The predicted octanol–water partition coefficient (Wildman–Crippen LogP) is 25.5. The third-order valence-electron chi connectivity index (χ3n) is 18.5. The van der Waals surface area contributed by atoms with Gasteiger partial charge in [-0.05, 0) is 83.1 Å². The summed E-state index contributed by atoms with van der Waals surface area (Å²) in [6.07, 6.45) is 90.2. The first kappa shape index (κ1) is 89.2. The standard InChI is InChI=1S/C81H157N2O7P/c1-7-10-13-16-19-22-25-27-29-31-33-35-37-39-41-43-45-47-49-51-53-55-58-61-64-67-70-73-80(84)82-78(77-89-91(86,87)88-76-75-83(4,5)6)79(72-69-66-63-60-57-24-21-18-15-12-9-3)90-81(85)74-71-68-65-62-59-56-54-52-50-48-46-44-42-40-38-36-34-32-30-28-26-23-20-17-14-11-8-2/h27-30,69,72,78-79H,7-26,31-68,70-71,73-77H2,1-6H3,(H-,82,84,86,87)/b29-27+,30-28+,72-69+. The SMILES string of the molecule is CCCCCCCC/C=C/CCCCCCCCCCCCCCCCCCCC(=O)NC(COP(=O)([O-])OCC[N+](C)(C)C)C(/C=C/CCCCCCCCCCC)OC(=O)CCCCCCCCCCCCCCCCCCC/C=C/CCCCCCCC. The second-order valence-electron chi connectivity index (χ2n) is 28.9. The number of carbonyl (C=O) groups is 2. The molecule has 10 heteroatoms. The second-order valence-corrected chi connectivity index (χ2v) is 30.3. The van der Waals surface area contributed by atoms with Crippen LogP contribution in [0.2, 0.25) is 0 Å². The predicted molar refractivity (Wildman–Crippen MR) is 395 cm³/mol. The van der Waals surface area contributed by atoms with Gasteiger partial charge in [0.2, 0.25) is 5.91 Å². The fourth-order valence-corrected chi connectivity index (χ4v) is 13.1. The highest BCUT2D eigenvalue weighted by Gasteiger charge is 2.27. The smallest absolute Gasteiger partial charge is 0.306 e. The lowest BCUT2D eigenvalue weighted by Gasteiger charge is -2.30. The van der Waals surface area contributed by atoms with E-state index in [2.05, 4.69) is 50.4 Å². The molecule has 0 rings (SSSR count). The minimum atomic E-state index is -4.70. The van der Waals surface area contributed by atoms with E-state index in [0.717, 1.165) is 57.8 Å². The fourth-order valence-electron chi connectivity index (χ4n) is 12.3. The highest BCUT2D eigenvalue weighted by Crippen LogP contribution is 2.38. The van der Waals surface area contributed by atoms with E-state index in [4.69, 9.17) is 13.8 Å². The van der Waals surface area contributed by atoms with E-state index in [1.165, 1.54) is 327 Å². The van der Waals surface area contributed by atoms with E-state index >= 15 is 0 Å². The zero-order valence-corrected chi connectivity index (χ0v) is 62.7. The third-order valence-corrected chi connectivity index (χ3v) is 19.5. The first-order valence-electron chi connectivity index (χ1n) is 40.3. The zero-order valence-electron chi connectivity index (χ0n) is 61.8. The normalized spacial score (nSPS) is 13.5. The van der Waals surface area contributed by atoms with Crippen molar-refractivity contribution in [2.24, 2.45) is 0 Å². The van der Waals surface area contributed by atoms with E-state index in [1.807, 2.05) is 33.3 Å². The molecule has 0 bridgehead atoms. The molecule has 1 amide bonds. The molecule has 1 N–H and O–H groups in total. The summed E-state index contributed by atoms with van der Waals surface area (Å²) in [4.78, 5) is 40.3. The molecule has 0 radical (unpaired) electrons. The molecule has 91 heavy (non-hydrogen) atoms. The maximum Gasteiger partial charge on any atom is 0.306 e. The van der Waals surface area contributed by atoms with Gasteiger partial charge in [-0.25, -0.2) is 0 Å². The Morgan fingerprint density at radius 1 is 0.374 bits per heavy atom. The van der Waals surface area contributed by atoms with Crippen molar-refractivity contribution in [3.63, 3.8) is 0 Å². The Morgan fingerprint density at radius 2 is 0.637 bits per heavy atom. The van der Waals surface area contributed by atoms with Crippen LogP contribution in [-0.2, 0) is 27.9 Å². The summed E-state index contributed by atoms with van der Waals surface area (Å²) in [6.45, 7) is 6.91. The minimum absolute atomic E-state index is 0.0186. The van der Waals surface area contributed by atoms with Crippen molar-refractivity contribution in [2.45, 2.75) is 431 Å². The van der Waals surface area contributed by atoms with Gasteiger partial charge in [0.05, 0.1) is 33.8 Å². The molecule has 538 valence electrons. The summed E-state index contributed by atoms with van der Waals surface area (Å²) in [6, 6.07) is -0.885. The Morgan fingerprint density at radius 3 is 0.934 bits per heavy atom. The van der Waals surface area contributed by atoms with Crippen molar-refractivity contribution in [3.05, 3.63) is 36.5 Å². The third kappa shape index (κ3) is 72.3. The Balaban J connectivity index is 4.82. The van der Waals surface area contributed by atoms with Crippen LogP contribution in [0, 0.1) is 0 Å². The number of nitrogens with one attached hydrogen (secondary N) is 1. The van der Waals surface area contributed by atoms with Crippen molar-refractivity contribution < 1.29 is 37.3 Å². The molecule has 0 aromatic heterocycles. The van der Waals surface area contributed by atoms with Gasteiger partial charge in [0.1, 0.15) is 19.3 Å². The number of quaternary nitrogens is 1. The fraction of sp³-hybridized carbons (Fsp3) is 0.901. The Bertz CT molecular complexity index is 1650. The Kier molecular flexibility index (Phi) is 69.6. The average Bonchev–Trinajstić information content (AvgIpc) is 3.08. The maximum atomic E-state index is 13.6. The van der Waals surface area contributed by atoms with Gasteiger partial charge in [0.15, 0.2) is 0 Å². The molecule has 0 saturated heterocycles. The molecule has 0 spiro atoms. The van der Waals surface area contributed by atoms with E-state index in [1.54, 1.807) is 0 Å². The van der Waals surface area contributed by atoms with Gasteiger partial charge in [-0.15, -0.1) is 0 Å². The number of esters is 1. The molecule has 0 aliphatic rings. The number of hydrogen-bond acceptors (Lipinski definition) is 7. The first-order valence-corrected chi connectivity index (χ1v) is 41.8. The summed E-state index contributed by atoms with van der Waals surface area (Å²) in [7, 11) is 1.21. The number of phosphoric ester groups is 1. The molecular weight excluding hydrogens is 1140 g/mol. The van der Waals surface area contributed by atoms with Gasteiger partial charge >= 0.3 is 5.97 Å². The molecule has 0 aliphatic carbocycles. The number of likely N-dealkylation sites (N-methyl/N-ethyl adjacent to an activating group) is 1. The number of carbonyl (C=O) groups excluding carboxylic acids is 2. The minimum Gasteiger partial charge on any atom is -0.756 e. The lowest BCUT2D eigenvalue weighted by atomic mass is 10.0. The number of allylic oxidation sites excluding steroid dienone is 5. The number of unbranched alkanes of at least 4 members (excludes halogenated alkanes) is 55. The van der Waals surface area contributed by atoms with Crippen LogP contribution in [0.1, 0.15) is 419 Å². The lowest BCUT2D eigenvalue weighted by Crippen LogP contribution is -2.47. The summed E-state index contributed by atoms with van der Waals surface area (Å²) in [5.41, 5.74) is 0. The number of ether oxygens (including phenoxy) is 1. The molecule has 3 unspecified atom stereocenters. The summed E-state index contributed by atoms with van der Waals surface area (Å²) < 4.78 is 30.5. The number of rotatable bonds is 75. The van der Waals surface area contributed by atoms with Gasteiger partial charge in [0.25, 0.3) is 7.82 Å². The monoisotopic (exact) mass is 1300 g/mol. The van der Waals surface area contributed by atoms with E-state index in [-0.39, 0.29) is 31.5 Å². The van der Waals surface area contributed by atoms with Crippen molar-refractivity contribution in [1.29, 1.82) is 0 Å². The van der Waals surface area contributed by atoms with Gasteiger partial charge in [-0.2, -0.15) is 0 Å². The maximum absolute atomic E-state index is 13.6. The van der Waals surface area contributed by atoms with Crippen LogP contribution >= 0.6 is 7.82 Å². The number of amides is 1. The van der Waals surface area contributed by atoms with E-state index < -0.39 is 20.0 Å². The molecule has 0 aliphatic heterocycles. The summed E-state index contributed by atoms with van der Waals surface area (Å²) >= 11 is 0. The van der Waals surface area contributed by atoms with Gasteiger partial charge in [-0.3, -0.25) is 14.2 Å². The van der Waals surface area contributed by atoms with Crippen molar-refractivity contribution in [3.8, 4) is 0 Å². The molecule has 0 fully saturated rings.